The largest absolute Gasteiger partial charge is 0.493 e. The van der Waals surface area contributed by atoms with E-state index in [2.05, 4.69) is 50.7 Å². The summed E-state index contributed by atoms with van der Waals surface area (Å²) in [4.78, 5) is 47.6. The van der Waals surface area contributed by atoms with Crippen molar-refractivity contribution < 1.29 is 24.2 Å². The zero-order valence-electron chi connectivity index (χ0n) is 26.4. The van der Waals surface area contributed by atoms with Crippen molar-refractivity contribution in [1.29, 1.82) is 0 Å². The van der Waals surface area contributed by atoms with Gasteiger partial charge in [0.05, 0.1) is 19.1 Å². The lowest BCUT2D eigenvalue weighted by atomic mass is 9.83. The molecule has 42 heavy (non-hydrogen) atoms. The Labute approximate surface area is 252 Å². The van der Waals surface area contributed by atoms with Crippen molar-refractivity contribution in [2.45, 2.75) is 77.7 Å². The molecule has 3 heterocycles. The number of benzene rings is 1. The molecular weight excluding hydrogens is 532 g/mol. The average Bonchev–Trinajstić information content (AvgIpc) is 3.60. The summed E-state index contributed by atoms with van der Waals surface area (Å²) in [5.41, 5.74) is 2.04. The lowest BCUT2D eigenvalue weighted by molar-refractivity contribution is -0.144. The molecule has 234 valence electrons. The number of hydrogen-bond donors (Lipinski definition) is 1. The van der Waals surface area contributed by atoms with Crippen LogP contribution in [0.15, 0.2) is 18.2 Å². The topological polar surface area (TPSA) is 93.6 Å². The first-order valence-corrected chi connectivity index (χ1v) is 15.9. The molecular formula is C33H52N4O5. The molecule has 3 atom stereocenters. The van der Waals surface area contributed by atoms with Crippen molar-refractivity contribution in [3.8, 4) is 5.75 Å². The Morgan fingerprint density at radius 1 is 1.12 bits per heavy atom. The molecule has 3 aliphatic rings. The van der Waals surface area contributed by atoms with Crippen LogP contribution in [0, 0.1) is 11.3 Å². The zero-order chi connectivity index (χ0) is 30.4. The number of fused-ring (bicyclic) bond motifs is 1. The van der Waals surface area contributed by atoms with E-state index in [-0.39, 0.29) is 35.7 Å². The molecule has 0 aliphatic carbocycles. The molecule has 0 radical (unpaired) electrons. The first kappa shape index (κ1) is 32.3. The Morgan fingerprint density at radius 2 is 1.86 bits per heavy atom. The zero-order valence-corrected chi connectivity index (χ0v) is 26.4. The summed E-state index contributed by atoms with van der Waals surface area (Å²) in [7, 11) is 4.13. The molecule has 1 aromatic carbocycles. The second-order valence-corrected chi connectivity index (χ2v) is 13.6. The number of carboxylic acid groups (broad SMARTS) is 1. The molecule has 9 nitrogen and oxygen atoms in total. The lowest BCUT2D eigenvalue weighted by Crippen LogP contribution is -2.46. The number of carbonyl (C=O) groups excluding carboxylic acids is 2. The van der Waals surface area contributed by atoms with Crippen LogP contribution in [-0.2, 0) is 20.8 Å². The first-order valence-electron chi connectivity index (χ1n) is 15.9. The molecule has 0 saturated carbocycles. The summed E-state index contributed by atoms with van der Waals surface area (Å²) in [5, 5.41) is 10.6. The van der Waals surface area contributed by atoms with Crippen LogP contribution < -0.4 is 4.74 Å². The number of aliphatic carboxylic acids is 1. The van der Waals surface area contributed by atoms with Gasteiger partial charge in [0, 0.05) is 57.5 Å². The number of ether oxygens (including phenoxy) is 1. The van der Waals surface area contributed by atoms with Gasteiger partial charge in [-0.15, -0.1) is 0 Å². The molecule has 1 N–H and O–H groups in total. The lowest BCUT2D eigenvalue weighted by Gasteiger charge is -2.31. The van der Waals surface area contributed by atoms with Gasteiger partial charge in [-0.3, -0.25) is 19.3 Å². The second-order valence-electron chi connectivity index (χ2n) is 13.6. The van der Waals surface area contributed by atoms with Crippen LogP contribution in [0.5, 0.6) is 5.75 Å². The Morgan fingerprint density at radius 3 is 2.52 bits per heavy atom. The molecule has 2 fully saturated rings. The summed E-state index contributed by atoms with van der Waals surface area (Å²) in [5.74, 6) is -0.649. The summed E-state index contributed by atoms with van der Waals surface area (Å²) < 4.78 is 5.70. The van der Waals surface area contributed by atoms with E-state index in [1.165, 1.54) is 0 Å². The highest BCUT2D eigenvalue weighted by Crippen LogP contribution is 2.41. The molecule has 3 aliphatic heterocycles. The van der Waals surface area contributed by atoms with Crippen LogP contribution in [0.3, 0.4) is 0 Å². The van der Waals surface area contributed by atoms with Crippen molar-refractivity contribution in [3.63, 3.8) is 0 Å². The fraction of sp³-hybridized carbons (Fsp3) is 0.727. The first-order chi connectivity index (χ1) is 20.0. The predicted octanol–water partition coefficient (Wildman–Crippen LogP) is 3.71. The van der Waals surface area contributed by atoms with Crippen molar-refractivity contribution >= 4 is 17.8 Å². The van der Waals surface area contributed by atoms with Crippen LogP contribution >= 0.6 is 0 Å². The monoisotopic (exact) mass is 584 g/mol. The minimum absolute atomic E-state index is 0.0730. The van der Waals surface area contributed by atoms with Crippen molar-refractivity contribution in [2.75, 3.05) is 66.5 Å². The number of carbonyl (C=O) groups is 3. The van der Waals surface area contributed by atoms with Crippen LogP contribution in [0.25, 0.3) is 0 Å². The molecule has 9 heteroatoms. The Hall–Kier alpha value is -2.65. The SMILES string of the molecule is CCCCN(CCCCN(C)C)C(=O)CN1C[C@H](c2ccc3c(c2)CCO3)C(C(=O)O)[C@@H]1CCN1CC(C)(C)CC1=O. The van der Waals surface area contributed by atoms with Crippen LogP contribution in [0.1, 0.15) is 76.3 Å². The molecule has 1 aromatic rings. The summed E-state index contributed by atoms with van der Waals surface area (Å²) >= 11 is 0. The van der Waals surface area contributed by atoms with Crippen molar-refractivity contribution in [3.05, 3.63) is 29.3 Å². The minimum Gasteiger partial charge on any atom is -0.493 e. The maximum Gasteiger partial charge on any atom is 0.308 e. The van der Waals surface area contributed by atoms with Gasteiger partial charge >= 0.3 is 5.97 Å². The van der Waals surface area contributed by atoms with E-state index in [1.54, 1.807) is 0 Å². The Balaban J connectivity index is 1.54. The number of likely N-dealkylation sites (tertiary alicyclic amines) is 2. The summed E-state index contributed by atoms with van der Waals surface area (Å²) in [6, 6.07) is 5.73. The van der Waals surface area contributed by atoms with E-state index in [0.29, 0.717) is 39.1 Å². The molecule has 1 unspecified atom stereocenters. The van der Waals surface area contributed by atoms with Crippen LogP contribution in [0.4, 0.5) is 0 Å². The van der Waals surface area contributed by atoms with Gasteiger partial charge in [0.25, 0.3) is 0 Å². The molecule has 0 spiro atoms. The van der Waals surface area contributed by atoms with Crippen LogP contribution in [0.2, 0.25) is 0 Å². The van der Waals surface area contributed by atoms with Gasteiger partial charge in [0.15, 0.2) is 0 Å². The van der Waals surface area contributed by atoms with Gasteiger partial charge in [0.2, 0.25) is 11.8 Å². The highest BCUT2D eigenvalue weighted by Gasteiger charge is 2.48. The third-order valence-corrected chi connectivity index (χ3v) is 9.23. The van der Waals surface area contributed by atoms with Gasteiger partial charge in [-0.05, 0) is 68.9 Å². The third kappa shape index (κ3) is 8.04. The number of amides is 2. The smallest absolute Gasteiger partial charge is 0.308 e. The highest BCUT2D eigenvalue weighted by atomic mass is 16.5. The average molecular weight is 585 g/mol. The Bertz CT molecular complexity index is 1110. The normalized spacial score (nSPS) is 23.4. The van der Waals surface area contributed by atoms with E-state index in [9.17, 15) is 19.5 Å². The van der Waals surface area contributed by atoms with Gasteiger partial charge in [-0.25, -0.2) is 0 Å². The Kier molecular flexibility index (Phi) is 10.9. The fourth-order valence-electron chi connectivity index (χ4n) is 7.02. The summed E-state index contributed by atoms with van der Waals surface area (Å²) in [6.07, 6.45) is 5.82. The maximum absolute atomic E-state index is 13.8. The van der Waals surface area contributed by atoms with E-state index in [1.807, 2.05) is 21.9 Å². The number of rotatable bonds is 15. The molecule has 2 saturated heterocycles. The highest BCUT2D eigenvalue weighted by molar-refractivity contribution is 5.80. The molecule has 4 rings (SSSR count). The van der Waals surface area contributed by atoms with Crippen molar-refractivity contribution in [1.82, 2.24) is 19.6 Å². The van der Waals surface area contributed by atoms with E-state index in [4.69, 9.17) is 4.74 Å². The van der Waals surface area contributed by atoms with Gasteiger partial charge in [-0.1, -0.05) is 39.3 Å². The van der Waals surface area contributed by atoms with Gasteiger partial charge in [0.1, 0.15) is 5.75 Å². The maximum atomic E-state index is 13.8. The van der Waals surface area contributed by atoms with E-state index < -0.39 is 11.9 Å². The number of hydrogen-bond acceptors (Lipinski definition) is 6. The van der Waals surface area contributed by atoms with Gasteiger partial charge in [-0.2, -0.15) is 0 Å². The minimum atomic E-state index is -0.837. The molecule has 0 bridgehead atoms. The van der Waals surface area contributed by atoms with Crippen LogP contribution in [-0.4, -0.2) is 115 Å². The number of nitrogens with zero attached hydrogens (tertiary/aromatic N) is 4. The van der Waals surface area contributed by atoms with Gasteiger partial charge < -0.3 is 24.5 Å². The standard InChI is InChI=1S/C33H52N4O5/c1-6-7-15-35(16-9-8-14-34(4)5)30(39)22-37-21-26(24-10-11-28-25(19-24)13-18-42-28)31(32(40)41)27(37)12-17-36-23-33(2,3)20-29(36)38/h10-11,19,26-27,31H,6-9,12-18,20-23H2,1-5H3,(H,40,41)/t26-,27+,31?/m1/s1. The quantitative estimate of drug-likeness (QED) is 0.314. The number of unbranched alkanes of at least 4 members (excludes halogenated alkanes) is 2. The van der Waals surface area contributed by atoms with Crippen molar-refractivity contribution in [2.24, 2.45) is 11.3 Å². The molecule has 0 aromatic heterocycles. The fourth-order valence-corrected chi connectivity index (χ4v) is 7.02. The second kappa shape index (κ2) is 14.2. The number of carboxylic acids is 1. The third-order valence-electron chi connectivity index (χ3n) is 9.23. The summed E-state index contributed by atoms with van der Waals surface area (Å²) in [6.45, 7) is 11.3. The predicted molar refractivity (Wildman–Crippen MR) is 164 cm³/mol. The van der Waals surface area contributed by atoms with E-state index in [0.717, 1.165) is 68.6 Å². The molecule has 2 amide bonds. The van der Waals surface area contributed by atoms with E-state index >= 15 is 0 Å².